The van der Waals surface area contributed by atoms with Crippen molar-refractivity contribution in [2.45, 2.75) is 20.1 Å². The van der Waals surface area contributed by atoms with Gasteiger partial charge in [-0.2, -0.15) is 0 Å². The second-order valence-electron chi connectivity index (χ2n) is 5.11. The van der Waals surface area contributed by atoms with Crippen LogP contribution in [0.1, 0.15) is 13.8 Å². The summed E-state index contributed by atoms with van der Waals surface area (Å²) in [5, 5.41) is 3.20. The number of urea groups is 1. The fourth-order valence-corrected chi connectivity index (χ4v) is 2.22. The van der Waals surface area contributed by atoms with Crippen LogP contribution in [0.4, 0.5) is 16.2 Å². The van der Waals surface area contributed by atoms with Gasteiger partial charge >= 0.3 is 6.03 Å². The Kier molecular flexibility index (Phi) is 5.65. The van der Waals surface area contributed by atoms with Crippen LogP contribution in [-0.2, 0) is 4.79 Å². The van der Waals surface area contributed by atoms with E-state index in [1.807, 2.05) is 0 Å². The second-order valence-corrected chi connectivity index (χ2v) is 5.55. The minimum atomic E-state index is -0.651. The molecule has 0 radical (unpaired) electrons. The summed E-state index contributed by atoms with van der Waals surface area (Å²) >= 11 is 5.81. The van der Waals surface area contributed by atoms with Crippen LogP contribution >= 0.6 is 11.6 Å². The van der Waals surface area contributed by atoms with E-state index in [0.717, 1.165) is 4.90 Å². The first kappa shape index (κ1) is 17.6. The summed E-state index contributed by atoms with van der Waals surface area (Å²) in [6, 6.07) is 12.6. The molecule has 2 aromatic carbocycles. The number of carbonyl (C=O) groups excluding carboxylic acids is 2. The van der Waals surface area contributed by atoms with E-state index in [1.54, 1.807) is 55.5 Å². The third-order valence-electron chi connectivity index (χ3n) is 3.10. The van der Waals surface area contributed by atoms with Crippen molar-refractivity contribution in [1.29, 1.82) is 0 Å². The van der Waals surface area contributed by atoms with Gasteiger partial charge in [-0.3, -0.25) is 4.79 Å². The lowest BCUT2D eigenvalue weighted by Crippen LogP contribution is -2.48. The largest absolute Gasteiger partial charge is 0.471 e. The summed E-state index contributed by atoms with van der Waals surface area (Å²) in [7, 11) is 0. The molecule has 1 atom stereocenters. The summed E-state index contributed by atoms with van der Waals surface area (Å²) in [5.74, 6) is 0.113. The van der Waals surface area contributed by atoms with Gasteiger partial charge in [-0.15, -0.1) is 0 Å². The highest BCUT2D eigenvalue weighted by Crippen LogP contribution is 2.19. The van der Waals surface area contributed by atoms with Crippen molar-refractivity contribution in [2.75, 3.05) is 10.6 Å². The summed E-state index contributed by atoms with van der Waals surface area (Å²) in [5.41, 5.74) is 6.55. The smallest absolute Gasteiger partial charge is 0.331 e. The lowest BCUT2D eigenvalue weighted by molar-refractivity contribution is -0.115. The number of anilines is 2. The van der Waals surface area contributed by atoms with Gasteiger partial charge in [-0.05, 0) is 49.4 Å². The molecule has 3 amide bonds. The van der Waals surface area contributed by atoms with E-state index in [4.69, 9.17) is 22.1 Å². The number of carbonyl (C=O) groups is 2. The van der Waals surface area contributed by atoms with Crippen LogP contribution in [0.3, 0.4) is 0 Å². The van der Waals surface area contributed by atoms with E-state index in [2.05, 4.69) is 5.32 Å². The number of hydrogen-bond acceptors (Lipinski definition) is 4. The van der Waals surface area contributed by atoms with E-state index in [-0.39, 0.29) is 0 Å². The van der Waals surface area contributed by atoms with Crippen molar-refractivity contribution < 1.29 is 14.3 Å². The minimum Gasteiger partial charge on any atom is -0.471 e. The molecule has 2 rings (SSSR count). The number of benzene rings is 2. The molecule has 0 aliphatic rings. The van der Waals surface area contributed by atoms with E-state index in [9.17, 15) is 9.59 Å². The lowest BCUT2D eigenvalue weighted by atomic mass is 10.2. The summed E-state index contributed by atoms with van der Waals surface area (Å²) in [6.07, 6.45) is -0.651. The Morgan fingerprint density at radius 1 is 1.21 bits per heavy atom. The second kappa shape index (κ2) is 7.70. The van der Waals surface area contributed by atoms with Gasteiger partial charge in [-0.1, -0.05) is 17.7 Å². The zero-order valence-corrected chi connectivity index (χ0v) is 14.1. The Morgan fingerprint density at radius 3 is 2.46 bits per heavy atom. The predicted molar refractivity (Wildman–Crippen MR) is 94.1 cm³/mol. The molecule has 1 unspecified atom stereocenters. The van der Waals surface area contributed by atoms with Crippen LogP contribution in [0.15, 0.2) is 48.5 Å². The molecule has 0 saturated carbocycles. The Hall–Kier alpha value is -2.73. The molecule has 0 heterocycles. The molecule has 0 aromatic heterocycles. The zero-order valence-electron chi connectivity index (χ0n) is 13.3. The topological polar surface area (TPSA) is 84.7 Å². The third-order valence-corrected chi connectivity index (χ3v) is 3.35. The molecule has 0 aliphatic heterocycles. The maximum Gasteiger partial charge on any atom is 0.331 e. The average Bonchev–Trinajstić information content (AvgIpc) is 2.49. The Labute approximate surface area is 145 Å². The minimum absolute atomic E-state index is 0.388. The molecule has 0 spiro atoms. The van der Waals surface area contributed by atoms with Crippen molar-refractivity contribution in [1.82, 2.24) is 5.32 Å². The highest BCUT2D eigenvalue weighted by molar-refractivity contribution is 6.30. The number of ether oxygens (including phenoxy) is 1. The first-order valence-electron chi connectivity index (χ1n) is 7.26. The molecule has 2 aromatic rings. The highest BCUT2D eigenvalue weighted by atomic mass is 35.5. The van der Waals surface area contributed by atoms with E-state index < -0.39 is 18.2 Å². The highest BCUT2D eigenvalue weighted by Gasteiger charge is 2.22. The molecule has 126 valence electrons. The lowest BCUT2D eigenvalue weighted by Gasteiger charge is -2.23. The number of hydrogen-bond donors (Lipinski definition) is 2. The van der Waals surface area contributed by atoms with Crippen molar-refractivity contribution in [3.05, 3.63) is 53.6 Å². The number of nitrogen functional groups attached to an aromatic ring is 1. The molecule has 0 fully saturated rings. The van der Waals surface area contributed by atoms with Gasteiger partial charge in [0.05, 0.1) is 5.69 Å². The van der Waals surface area contributed by atoms with Gasteiger partial charge < -0.3 is 15.8 Å². The molecular weight excluding hydrogens is 330 g/mol. The number of imide groups is 1. The van der Waals surface area contributed by atoms with Crippen LogP contribution in [0.5, 0.6) is 5.75 Å². The molecule has 7 heteroatoms. The monoisotopic (exact) mass is 347 g/mol. The third kappa shape index (κ3) is 4.63. The first-order valence-corrected chi connectivity index (χ1v) is 7.63. The standard InChI is InChI=1S/C17H18ClN3O3/c1-11(24-16-8-6-13(18)7-9-16)20-17(23)21(12(2)22)15-5-3-4-14(19)10-15/h3-11H,19H2,1-2H3,(H,20,23). The number of nitrogens with zero attached hydrogens (tertiary/aromatic N) is 1. The Morgan fingerprint density at radius 2 is 1.88 bits per heavy atom. The normalized spacial score (nSPS) is 11.5. The van der Waals surface area contributed by atoms with Crippen LogP contribution < -0.4 is 20.7 Å². The SMILES string of the molecule is CC(=O)N(C(=O)NC(C)Oc1ccc(Cl)cc1)c1cccc(N)c1. The molecular formula is C17H18ClN3O3. The molecule has 0 aliphatic carbocycles. The van der Waals surface area contributed by atoms with Gasteiger partial charge in [0.15, 0.2) is 6.23 Å². The maximum atomic E-state index is 12.4. The van der Waals surface area contributed by atoms with Crippen LogP contribution in [0.2, 0.25) is 5.02 Å². The molecule has 0 saturated heterocycles. The van der Waals surface area contributed by atoms with Crippen molar-refractivity contribution in [3.63, 3.8) is 0 Å². The van der Waals surface area contributed by atoms with Crippen molar-refractivity contribution in [2.24, 2.45) is 0 Å². The number of nitrogens with one attached hydrogen (secondary N) is 1. The van der Waals surface area contributed by atoms with Gasteiger partial charge in [-0.25, -0.2) is 9.69 Å². The number of halogens is 1. The number of amides is 3. The zero-order chi connectivity index (χ0) is 17.7. The summed E-state index contributed by atoms with van der Waals surface area (Å²) in [6.45, 7) is 2.96. The van der Waals surface area contributed by atoms with Gasteiger partial charge in [0.1, 0.15) is 5.75 Å². The van der Waals surface area contributed by atoms with Gasteiger partial charge in [0.25, 0.3) is 0 Å². The van der Waals surface area contributed by atoms with Gasteiger partial charge in [0, 0.05) is 17.6 Å². The molecule has 0 bridgehead atoms. The predicted octanol–water partition coefficient (Wildman–Crippen LogP) is 3.41. The summed E-state index contributed by atoms with van der Waals surface area (Å²) < 4.78 is 5.58. The molecule has 3 N–H and O–H groups in total. The van der Waals surface area contributed by atoms with Crippen LogP contribution in [0, 0.1) is 0 Å². The van der Waals surface area contributed by atoms with Crippen molar-refractivity contribution in [3.8, 4) is 5.75 Å². The average molecular weight is 348 g/mol. The molecule has 24 heavy (non-hydrogen) atoms. The first-order chi connectivity index (χ1) is 11.4. The van der Waals surface area contributed by atoms with E-state index >= 15 is 0 Å². The fourth-order valence-electron chi connectivity index (χ4n) is 2.09. The van der Waals surface area contributed by atoms with Crippen LogP contribution in [0.25, 0.3) is 0 Å². The van der Waals surface area contributed by atoms with Crippen LogP contribution in [-0.4, -0.2) is 18.2 Å². The number of rotatable bonds is 4. The van der Waals surface area contributed by atoms with E-state index in [1.165, 1.54) is 6.92 Å². The maximum absolute atomic E-state index is 12.4. The quantitative estimate of drug-likeness (QED) is 0.655. The molecule has 6 nitrogen and oxygen atoms in total. The number of nitrogens with two attached hydrogens (primary N) is 1. The fraction of sp³-hybridized carbons (Fsp3) is 0.176. The summed E-state index contributed by atoms with van der Waals surface area (Å²) in [4.78, 5) is 25.2. The Bertz CT molecular complexity index is 734. The van der Waals surface area contributed by atoms with E-state index in [0.29, 0.717) is 22.1 Å². The van der Waals surface area contributed by atoms with Crippen molar-refractivity contribution >= 4 is 34.9 Å². The van der Waals surface area contributed by atoms with Gasteiger partial charge in [0.2, 0.25) is 5.91 Å². The Balaban J connectivity index is 2.07.